The molecule has 1 amide bonds. The van der Waals surface area contributed by atoms with Crippen LogP contribution in [0, 0.1) is 0 Å². The van der Waals surface area contributed by atoms with Crippen LogP contribution in [0.3, 0.4) is 0 Å². The molecule has 0 radical (unpaired) electrons. The van der Waals surface area contributed by atoms with Crippen LogP contribution in [-0.2, 0) is 14.8 Å². The zero-order chi connectivity index (χ0) is 18.6. The molecule has 1 aliphatic heterocycles. The summed E-state index contributed by atoms with van der Waals surface area (Å²) in [5.41, 5.74) is 1.13. The molecule has 1 N–H and O–H groups in total. The van der Waals surface area contributed by atoms with Crippen LogP contribution in [0.25, 0.3) is 0 Å². The van der Waals surface area contributed by atoms with Crippen LogP contribution < -0.4 is 9.62 Å². The summed E-state index contributed by atoms with van der Waals surface area (Å²) in [5, 5.41) is 0.330. The van der Waals surface area contributed by atoms with Crippen LogP contribution in [0.2, 0.25) is 5.02 Å². The van der Waals surface area contributed by atoms with Crippen molar-refractivity contribution in [2.24, 2.45) is 0 Å². The van der Waals surface area contributed by atoms with Gasteiger partial charge in [-0.3, -0.25) is 4.79 Å². The van der Waals surface area contributed by atoms with Gasteiger partial charge in [-0.15, -0.1) is 0 Å². The highest BCUT2D eigenvalue weighted by molar-refractivity contribution is 7.89. The van der Waals surface area contributed by atoms with Gasteiger partial charge in [0.1, 0.15) is 0 Å². The lowest BCUT2D eigenvalue weighted by Crippen LogP contribution is -2.51. The van der Waals surface area contributed by atoms with Crippen molar-refractivity contribution in [1.29, 1.82) is 0 Å². The number of hydrogen-bond acceptors (Lipinski definition) is 4. The van der Waals surface area contributed by atoms with Gasteiger partial charge >= 0.3 is 0 Å². The van der Waals surface area contributed by atoms with Crippen molar-refractivity contribution in [3.05, 3.63) is 59.6 Å². The van der Waals surface area contributed by atoms with Crippen LogP contribution in [0.15, 0.2) is 59.5 Å². The molecule has 0 bridgehead atoms. The topological polar surface area (TPSA) is 69.7 Å². The third-order valence-corrected chi connectivity index (χ3v) is 5.91. The Hall–Kier alpha value is -2.09. The highest BCUT2D eigenvalue weighted by Gasteiger charge is 2.23. The van der Waals surface area contributed by atoms with Gasteiger partial charge in [-0.2, -0.15) is 0 Å². The fourth-order valence-corrected chi connectivity index (χ4v) is 4.11. The second-order valence-electron chi connectivity index (χ2n) is 5.99. The van der Waals surface area contributed by atoms with Gasteiger partial charge in [0.15, 0.2) is 0 Å². The Morgan fingerprint density at radius 3 is 2.35 bits per heavy atom. The summed E-state index contributed by atoms with van der Waals surface area (Å²) >= 11 is 5.83. The first-order valence-electron chi connectivity index (χ1n) is 8.29. The molecule has 26 heavy (non-hydrogen) atoms. The van der Waals surface area contributed by atoms with Crippen molar-refractivity contribution in [3.63, 3.8) is 0 Å². The zero-order valence-electron chi connectivity index (χ0n) is 14.1. The lowest BCUT2D eigenvalue weighted by Gasteiger charge is -2.36. The van der Waals surface area contributed by atoms with Crippen molar-refractivity contribution in [1.82, 2.24) is 9.62 Å². The van der Waals surface area contributed by atoms with E-state index in [9.17, 15) is 13.2 Å². The Morgan fingerprint density at radius 1 is 1.00 bits per heavy atom. The molecule has 0 spiro atoms. The van der Waals surface area contributed by atoms with Gasteiger partial charge in [0.2, 0.25) is 15.9 Å². The maximum absolute atomic E-state index is 12.3. The number of nitrogens with zero attached hydrogens (tertiary/aromatic N) is 2. The minimum atomic E-state index is -3.76. The van der Waals surface area contributed by atoms with Crippen molar-refractivity contribution in [2.45, 2.75) is 4.90 Å². The van der Waals surface area contributed by atoms with Gasteiger partial charge in [0.25, 0.3) is 0 Å². The summed E-state index contributed by atoms with van der Waals surface area (Å²) in [6.45, 7) is 2.30. The highest BCUT2D eigenvalue weighted by Crippen LogP contribution is 2.16. The number of carbonyl (C=O) groups excluding carboxylic acids is 1. The van der Waals surface area contributed by atoms with Gasteiger partial charge in [0.05, 0.1) is 11.4 Å². The summed E-state index contributed by atoms with van der Waals surface area (Å²) in [4.78, 5) is 16.3. The summed E-state index contributed by atoms with van der Waals surface area (Å²) in [6.07, 6.45) is 0. The standard InChI is InChI=1S/C18H20ClN3O3S/c19-15-5-4-8-17(13-15)26(24,25)20-14-18(23)22-11-9-21(10-12-22)16-6-2-1-3-7-16/h1-8,13,20H,9-12,14H2. The fourth-order valence-electron chi connectivity index (χ4n) is 2.84. The second-order valence-corrected chi connectivity index (χ2v) is 8.19. The van der Waals surface area contributed by atoms with Crippen LogP contribution in [0.4, 0.5) is 5.69 Å². The predicted octanol–water partition coefficient (Wildman–Crippen LogP) is 1.97. The van der Waals surface area contributed by atoms with Crippen molar-refractivity contribution in [3.8, 4) is 0 Å². The first kappa shape index (κ1) is 18.7. The van der Waals surface area contributed by atoms with Crippen LogP contribution in [0.5, 0.6) is 0 Å². The summed E-state index contributed by atoms with van der Waals surface area (Å²) in [7, 11) is -3.76. The van der Waals surface area contributed by atoms with E-state index in [1.807, 2.05) is 30.3 Å². The average Bonchev–Trinajstić information content (AvgIpc) is 2.67. The van der Waals surface area contributed by atoms with Crippen molar-refractivity contribution in [2.75, 3.05) is 37.6 Å². The molecule has 0 aromatic heterocycles. The van der Waals surface area contributed by atoms with E-state index in [1.54, 1.807) is 17.0 Å². The van der Waals surface area contributed by atoms with Gasteiger partial charge in [-0.05, 0) is 30.3 Å². The number of halogens is 1. The fraction of sp³-hybridized carbons (Fsp3) is 0.278. The number of para-hydroxylation sites is 1. The quantitative estimate of drug-likeness (QED) is 0.843. The molecule has 0 saturated carbocycles. The molecule has 6 nitrogen and oxygen atoms in total. The van der Waals surface area contributed by atoms with E-state index in [0.717, 1.165) is 18.8 Å². The smallest absolute Gasteiger partial charge is 0.241 e. The maximum Gasteiger partial charge on any atom is 0.241 e. The number of benzene rings is 2. The average molecular weight is 394 g/mol. The van der Waals surface area contributed by atoms with Crippen molar-refractivity contribution >= 4 is 33.2 Å². The Balaban J connectivity index is 1.53. The number of amides is 1. The second kappa shape index (κ2) is 8.07. The van der Waals surface area contributed by atoms with Gasteiger partial charge in [-0.1, -0.05) is 35.9 Å². The molecule has 1 heterocycles. The predicted molar refractivity (Wildman–Crippen MR) is 102 cm³/mol. The molecular formula is C18H20ClN3O3S. The molecule has 0 aliphatic carbocycles. The van der Waals surface area contributed by atoms with Gasteiger partial charge in [0, 0.05) is 36.9 Å². The van der Waals surface area contributed by atoms with E-state index in [0.29, 0.717) is 18.1 Å². The molecule has 1 fully saturated rings. The molecule has 1 aliphatic rings. The number of rotatable bonds is 5. The molecule has 2 aromatic carbocycles. The monoisotopic (exact) mass is 393 g/mol. The van der Waals surface area contributed by atoms with Crippen molar-refractivity contribution < 1.29 is 13.2 Å². The van der Waals surface area contributed by atoms with Gasteiger partial charge < -0.3 is 9.80 Å². The first-order valence-corrected chi connectivity index (χ1v) is 10.1. The summed E-state index contributed by atoms with van der Waals surface area (Å²) in [6, 6.07) is 16.0. The largest absolute Gasteiger partial charge is 0.368 e. The summed E-state index contributed by atoms with van der Waals surface area (Å²) < 4.78 is 26.9. The van der Waals surface area contributed by atoms with E-state index >= 15 is 0 Å². The third kappa shape index (κ3) is 4.55. The maximum atomic E-state index is 12.3. The highest BCUT2D eigenvalue weighted by atomic mass is 35.5. The Bertz CT molecular complexity index is 866. The number of piperazine rings is 1. The molecule has 8 heteroatoms. The molecule has 2 aromatic rings. The Kier molecular flexibility index (Phi) is 5.80. The normalized spacial score (nSPS) is 15.1. The molecular weight excluding hydrogens is 374 g/mol. The zero-order valence-corrected chi connectivity index (χ0v) is 15.7. The number of carbonyl (C=O) groups is 1. The molecule has 1 saturated heterocycles. The van der Waals surface area contributed by atoms with Crippen LogP contribution in [0.1, 0.15) is 0 Å². The van der Waals surface area contributed by atoms with Crippen LogP contribution in [-0.4, -0.2) is 51.9 Å². The van der Waals surface area contributed by atoms with Gasteiger partial charge in [-0.25, -0.2) is 13.1 Å². The first-order chi connectivity index (χ1) is 12.5. The number of hydrogen-bond donors (Lipinski definition) is 1. The van der Waals surface area contributed by atoms with E-state index in [4.69, 9.17) is 11.6 Å². The SMILES string of the molecule is O=C(CNS(=O)(=O)c1cccc(Cl)c1)N1CCN(c2ccccc2)CC1. The minimum Gasteiger partial charge on any atom is -0.368 e. The number of nitrogens with one attached hydrogen (secondary N) is 1. The number of sulfonamides is 1. The Morgan fingerprint density at radius 2 is 1.69 bits per heavy atom. The van der Waals surface area contributed by atoms with E-state index in [2.05, 4.69) is 9.62 Å². The lowest BCUT2D eigenvalue weighted by atomic mass is 10.2. The molecule has 138 valence electrons. The minimum absolute atomic E-state index is 0.0479. The summed E-state index contributed by atoms with van der Waals surface area (Å²) in [5.74, 6) is -0.233. The van der Waals surface area contributed by atoms with E-state index < -0.39 is 10.0 Å². The van der Waals surface area contributed by atoms with E-state index in [1.165, 1.54) is 12.1 Å². The number of anilines is 1. The molecule has 3 rings (SSSR count). The Labute approximate surface area is 158 Å². The third-order valence-electron chi connectivity index (χ3n) is 4.27. The molecule has 0 unspecified atom stereocenters. The molecule has 0 atom stereocenters. The van der Waals surface area contributed by atoms with E-state index in [-0.39, 0.29) is 17.3 Å². The lowest BCUT2D eigenvalue weighted by molar-refractivity contribution is -0.130. The van der Waals surface area contributed by atoms with Crippen LogP contribution >= 0.6 is 11.6 Å².